The summed E-state index contributed by atoms with van der Waals surface area (Å²) in [7, 11) is -4.41. The molecule has 2 rings (SSSR count). The molecule has 0 saturated heterocycles. The van der Waals surface area contributed by atoms with Gasteiger partial charge in [0.05, 0.1) is 21.3 Å². The topological polar surface area (TPSA) is 150 Å². The highest BCUT2D eigenvalue weighted by atomic mass is 32.2. The van der Waals surface area contributed by atoms with E-state index in [0.717, 1.165) is 18.2 Å². The number of aromatic hydroxyl groups is 1. The molecule has 10 nitrogen and oxygen atoms in total. The number of rotatable bonds is 6. The summed E-state index contributed by atoms with van der Waals surface area (Å²) in [4.78, 5) is 19.9. The van der Waals surface area contributed by atoms with Crippen LogP contribution in [0.2, 0.25) is 0 Å². The third kappa shape index (κ3) is 4.75. The van der Waals surface area contributed by atoms with E-state index in [0.29, 0.717) is 17.0 Å². The first-order valence-corrected chi connectivity index (χ1v) is 7.99. The molecular weight excluding hydrogens is 356 g/mol. The van der Waals surface area contributed by atoms with Gasteiger partial charge in [-0.2, -0.15) is 8.42 Å². The molecule has 0 fully saturated rings. The fraction of sp³-hybridized carbons (Fsp3) is 0. The second kappa shape index (κ2) is 6.97. The molecule has 0 atom stereocenters. The minimum Gasteiger partial charge on any atom is -0.508 e. The Bertz CT molecular complexity index is 951. The zero-order valence-corrected chi connectivity index (χ0v) is 13.1. The lowest BCUT2D eigenvalue weighted by molar-refractivity contribution is -0.389. The van der Waals surface area contributed by atoms with Crippen LogP contribution in [-0.4, -0.2) is 23.4 Å². The molecule has 0 heterocycles. The summed E-state index contributed by atoms with van der Waals surface area (Å²) < 4.78 is 28.5. The Morgan fingerprint density at radius 2 is 1.64 bits per heavy atom. The highest BCUT2D eigenvalue weighted by Crippen LogP contribution is 2.32. The van der Waals surface area contributed by atoms with E-state index in [-0.39, 0.29) is 5.75 Å². The fourth-order valence-corrected chi connectivity index (χ4v) is 2.50. The van der Waals surface area contributed by atoms with Crippen LogP contribution in [0, 0.1) is 20.2 Å². The minimum absolute atomic E-state index is 0.0107. The van der Waals surface area contributed by atoms with E-state index < -0.39 is 37.1 Å². The molecule has 0 bridgehead atoms. The zero-order valence-electron chi connectivity index (χ0n) is 12.3. The van der Waals surface area contributed by atoms with E-state index in [1.165, 1.54) is 24.3 Å². The maximum absolute atomic E-state index is 11.9. The van der Waals surface area contributed by atoms with E-state index in [1.807, 2.05) is 0 Å². The standard InChI is InChI=1S/C14H10N2O8S/c17-12-4-1-10(2-5-12)7-8-25(22,23)24-14-9-11(15(18)19)3-6-13(14)16(20)21/h1-9,17H/b8-7+. The summed E-state index contributed by atoms with van der Waals surface area (Å²) in [6.07, 6.45) is 1.14. The molecule has 0 aliphatic rings. The number of nitrogens with zero attached hydrogens (tertiary/aromatic N) is 2. The van der Waals surface area contributed by atoms with E-state index in [9.17, 15) is 28.6 Å². The molecule has 0 saturated carbocycles. The molecule has 0 amide bonds. The van der Waals surface area contributed by atoms with Crippen molar-refractivity contribution in [1.29, 1.82) is 0 Å². The van der Waals surface area contributed by atoms with Gasteiger partial charge in [0.15, 0.2) is 0 Å². The Morgan fingerprint density at radius 1 is 1.00 bits per heavy atom. The molecule has 0 aromatic heterocycles. The second-order valence-corrected chi connectivity index (χ2v) is 6.06. The first kappa shape index (κ1) is 17.9. The third-order valence-corrected chi connectivity index (χ3v) is 3.76. The molecular formula is C14H10N2O8S. The van der Waals surface area contributed by atoms with Gasteiger partial charge < -0.3 is 9.29 Å². The lowest BCUT2D eigenvalue weighted by Gasteiger charge is -2.04. The normalized spacial score (nSPS) is 11.4. The highest BCUT2D eigenvalue weighted by Gasteiger charge is 2.23. The van der Waals surface area contributed by atoms with Gasteiger partial charge in [-0.1, -0.05) is 12.1 Å². The van der Waals surface area contributed by atoms with E-state index >= 15 is 0 Å². The number of hydrogen-bond acceptors (Lipinski definition) is 8. The highest BCUT2D eigenvalue weighted by molar-refractivity contribution is 7.90. The molecule has 0 unspecified atom stereocenters. The molecule has 0 aliphatic heterocycles. The van der Waals surface area contributed by atoms with Crippen LogP contribution in [0.3, 0.4) is 0 Å². The fourth-order valence-electron chi connectivity index (χ4n) is 1.73. The van der Waals surface area contributed by atoms with Crippen LogP contribution in [0.25, 0.3) is 6.08 Å². The number of phenols is 1. The van der Waals surface area contributed by atoms with Crippen LogP contribution in [0.5, 0.6) is 11.5 Å². The van der Waals surface area contributed by atoms with Gasteiger partial charge in [-0.25, -0.2) is 0 Å². The largest absolute Gasteiger partial charge is 0.508 e. The monoisotopic (exact) mass is 366 g/mol. The van der Waals surface area contributed by atoms with Crippen LogP contribution in [0.1, 0.15) is 5.56 Å². The summed E-state index contributed by atoms with van der Waals surface area (Å²) in [5.41, 5.74) is -0.871. The Morgan fingerprint density at radius 3 is 2.20 bits per heavy atom. The quantitative estimate of drug-likeness (QED) is 0.465. The van der Waals surface area contributed by atoms with Gasteiger partial charge in [0.2, 0.25) is 5.75 Å². The summed E-state index contributed by atoms with van der Waals surface area (Å²) in [5, 5.41) is 31.4. The predicted molar refractivity (Wildman–Crippen MR) is 86.4 cm³/mol. The minimum atomic E-state index is -4.41. The van der Waals surface area contributed by atoms with Gasteiger partial charge in [0.25, 0.3) is 5.69 Å². The van der Waals surface area contributed by atoms with Crippen LogP contribution < -0.4 is 4.18 Å². The number of nitro groups is 2. The van der Waals surface area contributed by atoms with Crippen LogP contribution >= 0.6 is 0 Å². The van der Waals surface area contributed by atoms with Gasteiger partial charge in [0.1, 0.15) is 5.75 Å². The Hall–Kier alpha value is -3.47. The smallest absolute Gasteiger partial charge is 0.332 e. The first-order valence-electron chi connectivity index (χ1n) is 6.52. The van der Waals surface area contributed by atoms with Gasteiger partial charge in [0, 0.05) is 12.1 Å². The summed E-state index contributed by atoms with van der Waals surface area (Å²) >= 11 is 0. The molecule has 130 valence electrons. The Kier molecular flexibility index (Phi) is 4.98. The van der Waals surface area contributed by atoms with Crippen molar-refractivity contribution in [2.75, 3.05) is 0 Å². The number of non-ortho nitro benzene ring substituents is 1. The average molecular weight is 366 g/mol. The van der Waals surface area contributed by atoms with Crippen molar-refractivity contribution in [3.63, 3.8) is 0 Å². The lowest BCUT2D eigenvalue weighted by Crippen LogP contribution is -2.07. The van der Waals surface area contributed by atoms with E-state index in [1.54, 1.807) is 0 Å². The van der Waals surface area contributed by atoms with Crippen LogP contribution in [-0.2, 0) is 10.1 Å². The molecule has 2 aromatic rings. The van der Waals surface area contributed by atoms with Crippen molar-refractivity contribution in [3.8, 4) is 11.5 Å². The second-order valence-electron chi connectivity index (χ2n) is 4.64. The summed E-state index contributed by atoms with van der Waals surface area (Å²) in [5.74, 6) is -0.780. The summed E-state index contributed by atoms with van der Waals surface area (Å²) in [6, 6.07) is 7.83. The number of benzene rings is 2. The number of hydrogen-bond donors (Lipinski definition) is 1. The number of phenolic OH excluding ortho intramolecular Hbond substituents is 1. The Balaban J connectivity index is 2.32. The van der Waals surface area contributed by atoms with Gasteiger partial charge in [-0.3, -0.25) is 20.2 Å². The van der Waals surface area contributed by atoms with Crippen molar-refractivity contribution < 1.29 is 27.6 Å². The molecule has 0 radical (unpaired) electrons. The van der Waals surface area contributed by atoms with Gasteiger partial charge in [-0.05, 0) is 23.8 Å². The molecule has 1 N–H and O–H groups in total. The lowest BCUT2D eigenvalue weighted by atomic mass is 10.2. The third-order valence-electron chi connectivity index (χ3n) is 2.88. The zero-order chi connectivity index (χ0) is 18.6. The average Bonchev–Trinajstić information content (AvgIpc) is 2.53. The predicted octanol–water partition coefficient (Wildman–Crippen LogP) is 2.59. The van der Waals surface area contributed by atoms with Crippen LogP contribution in [0.15, 0.2) is 47.9 Å². The van der Waals surface area contributed by atoms with Crippen molar-refractivity contribution in [2.45, 2.75) is 0 Å². The van der Waals surface area contributed by atoms with Crippen molar-refractivity contribution in [1.82, 2.24) is 0 Å². The van der Waals surface area contributed by atoms with Crippen molar-refractivity contribution in [3.05, 3.63) is 73.7 Å². The number of nitro benzene ring substituents is 2. The molecule has 2 aromatic carbocycles. The molecule has 0 aliphatic carbocycles. The van der Waals surface area contributed by atoms with Gasteiger partial charge >= 0.3 is 15.8 Å². The molecule has 25 heavy (non-hydrogen) atoms. The SMILES string of the molecule is O=[N+]([O-])c1ccc([N+](=O)[O-])c(OS(=O)(=O)/C=C/c2ccc(O)cc2)c1. The van der Waals surface area contributed by atoms with E-state index in [2.05, 4.69) is 4.18 Å². The van der Waals surface area contributed by atoms with Crippen molar-refractivity contribution in [2.24, 2.45) is 0 Å². The summed E-state index contributed by atoms with van der Waals surface area (Å²) in [6.45, 7) is 0. The Labute approximate surface area is 141 Å². The van der Waals surface area contributed by atoms with Gasteiger partial charge in [-0.15, -0.1) is 0 Å². The molecule has 0 spiro atoms. The van der Waals surface area contributed by atoms with Crippen molar-refractivity contribution >= 4 is 27.6 Å². The maximum atomic E-state index is 11.9. The van der Waals surface area contributed by atoms with E-state index in [4.69, 9.17) is 5.11 Å². The van der Waals surface area contributed by atoms with Crippen LogP contribution in [0.4, 0.5) is 11.4 Å². The maximum Gasteiger partial charge on any atom is 0.332 e. The molecule has 11 heteroatoms. The first-order chi connectivity index (χ1) is 11.7.